The Kier molecular flexibility index (Phi) is 5.50. The topological polar surface area (TPSA) is 42.9 Å². The van der Waals surface area contributed by atoms with E-state index in [1.54, 1.807) is 19.1 Å². The highest BCUT2D eigenvalue weighted by Crippen LogP contribution is 2.00. The van der Waals surface area contributed by atoms with Crippen LogP contribution in [0.2, 0.25) is 0 Å². The van der Waals surface area contributed by atoms with Gasteiger partial charge in [0.1, 0.15) is 12.4 Å². The lowest BCUT2D eigenvalue weighted by molar-refractivity contribution is -0.669. The molecule has 2 N–H and O–H groups in total. The number of rotatable bonds is 6. The molecular formula is C12H17FNO2+. The first-order valence-corrected chi connectivity index (χ1v) is 5.44. The van der Waals surface area contributed by atoms with Crippen LogP contribution in [0, 0.1) is 5.82 Å². The summed E-state index contributed by atoms with van der Waals surface area (Å²) in [5.74, 6) is -0.395. The summed E-state index contributed by atoms with van der Waals surface area (Å²) in [4.78, 5) is 11.0. The number of nitrogens with two attached hydrogens (primary N) is 1. The molecule has 88 valence electrons. The Morgan fingerprint density at radius 1 is 1.38 bits per heavy atom. The zero-order valence-electron chi connectivity index (χ0n) is 9.41. The van der Waals surface area contributed by atoms with Crippen molar-refractivity contribution < 1.29 is 19.2 Å². The molecule has 0 aliphatic rings. The Bertz CT molecular complexity index is 324. The third-order valence-corrected chi connectivity index (χ3v) is 2.15. The van der Waals surface area contributed by atoms with Gasteiger partial charge < -0.3 is 10.1 Å². The van der Waals surface area contributed by atoms with Crippen LogP contribution in [0.25, 0.3) is 0 Å². The van der Waals surface area contributed by atoms with E-state index in [1.165, 1.54) is 12.1 Å². The number of quaternary nitrogens is 1. The molecule has 0 spiro atoms. The summed E-state index contributed by atoms with van der Waals surface area (Å²) in [5, 5.41) is 2.00. The van der Waals surface area contributed by atoms with E-state index in [4.69, 9.17) is 4.74 Å². The Morgan fingerprint density at radius 2 is 2.06 bits per heavy atom. The fourth-order valence-corrected chi connectivity index (χ4v) is 1.34. The van der Waals surface area contributed by atoms with Crippen LogP contribution in [0.15, 0.2) is 24.3 Å². The summed E-state index contributed by atoms with van der Waals surface area (Å²) in [6.07, 6.45) is 0.412. The molecule has 1 aromatic carbocycles. The van der Waals surface area contributed by atoms with Gasteiger partial charge in [-0.3, -0.25) is 4.79 Å². The van der Waals surface area contributed by atoms with Gasteiger partial charge in [0.25, 0.3) is 0 Å². The molecule has 0 saturated carbocycles. The summed E-state index contributed by atoms with van der Waals surface area (Å²) in [5.41, 5.74) is 1.05. The Morgan fingerprint density at radius 3 is 2.69 bits per heavy atom. The van der Waals surface area contributed by atoms with Gasteiger partial charge in [0.05, 0.1) is 19.6 Å². The van der Waals surface area contributed by atoms with Crippen molar-refractivity contribution in [3.8, 4) is 0 Å². The number of carbonyl (C=O) groups excluding carboxylic acids is 1. The Hall–Kier alpha value is -1.42. The number of esters is 1. The van der Waals surface area contributed by atoms with E-state index < -0.39 is 0 Å². The molecule has 0 radical (unpaired) electrons. The van der Waals surface area contributed by atoms with E-state index in [-0.39, 0.29) is 11.8 Å². The Balaban J connectivity index is 2.16. The summed E-state index contributed by atoms with van der Waals surface area (Å²) in [7, 11) is 0. The van der Waals surface area contributed by atoms with Gasteiger partial charge >= 0.3 is 5.97 Å². The monoisotopic (exact) mass is 226 g/mol. The van der Waals surface area contributed by atoms with E-state index in [1.807, 2.05) is 5.32 Å². The van der Waals surface area contributed by atoms with Crippen molar-refractivity contribution in [1.29, 1.82) is 0 Å². The highest BCUT2D eigenvalue weighted by molar-refractivity contribution is 5.69. The molecule has 3 nitrogen and oxygen atoms in total. The molecule has 4 heteroatoms. The standard InChI is InChI=1S/C12H16FNO2/c1-2-16-12(15)7-8-14-9-10-3-5-11(13)6-4-10/h3-6,14H,2,7-9H2,1H3/p+1. The number of hydrogen-bond acceptors (Lipinski definition) is 2. The summed E-state index contributed by atoms with van der Waals surface area (Å²) < 4.78 is 17.4. The van der Waals surface area contributed by atoms with Crippen molar-refractivity contribution in [2.45, 2.75) is 19.9 Å². The number of benzene rings is 1. The van der Waals surface area contributed by atoms with Crippen LogP contribution < -0.4 is 5.32 Å². The Labute approximate surface area is 94.6 Å². The van der Waals surface area contributed by atoms with Gasteiger partial charge in [-0.15, -0.1) is 0 Å². The SMILES string of the molecule is CCOC(=O)CC[NH2+]Cc1ccc(F)cc1. The van der Waals surface area contributed by atoms with Gasteiger partial charge in [0.2, 0.25) is 0 Å². The minimum Gasteiger partial charge on any atom is -0.466 e. The van der Waals surface area contributed by atoms with E-state index in [0.29, 0.717) is 19.6 Å². The second-order valence-electron chi connectivity index (χ2n) is 3.46. The first kappa shape index (κ1) is 12.6. The van der Waals surface area contributed by atoms with E-state index in [2.05, 4.69) is 0 Å². The molecule has 0 aliphatic heterocycles. The second-order valence-corrected chi connectivity index (χ2v) is 3.46. The quantitative estimate of drug-likeness (QED) is 0.577. The number of ether oxygens (including phenoxy) is 1. The maximum atomic E-state index is 12.6. The molecule has 0 heterocycles. The van der Waals surface area contributed by atoms with Crippen LogP contribution in [0.3, 0.4) is 0 Å². The molecule has 0 saturated heterocycles. The zero-order chi connectivity index (χ0) is 11.8. The van der Waals surface area contributed by atoms with Gasteiger partial charge in [0.15, 0.2) is 0 Å². The molecule has 16 heavy (non-hydrogen) atoms. The van der Waals surface area contributed by atoms with E-state index in [9.17, 15) is 9.18 Å². The summed E-state index contributed by atoms with van der Waals surface area (Å²) in [6.45, 7) is 3.66. The van der Waals surface area contributed by atoms with E-state index in [0.717, 1.165) is 12.1 Å². The van der Waals surface area contributed by atoms with Gasteiger partial charge in [0, 0.05) is 5.56 Å². The highest BCUT2D eigenvalue weighted by atomic mass is 19.1. The maximum Gasteiger partial charge on any atom is 0.311 e. The average molecular weight is 226 g/mol. The third kappa shape index (κ3) is 4.89. The third-order valence-electron chi connectivity index (χ3n) is 2.15. The van der Waals surface area contributed by atoms with Crippen LogP contribution in [-0.4, -0.2) is 19.1 Å². The molecule has 0 fully saturated rings. The first-order valence-electron chi connectivity index (χ1n) is 5.44. The van der Waals surface area contributed by atoms with Crippen molar-refractivity contribution in [1.82, 2.24) is 0 Å². The molecule has 0 aromatic heterocycles. The van der Waals surface area contributed by atoms with Crippen molar-refractivity contribution in [2.75, 3.05) is 13.2 Å². The molecule has 0 aliphatic carbocycles. The number of hydrogen-bond donors (Lipinski definition) is 1. The fourth-order valence-electron chi connectivity index (χ4n) is 1.34. The molecule has 0 atom stereocenters. The first-order chi connectivity index (χ1) is 7.72. The van der Waals surface area contributed by atoms with Crippen LogP contribution in [0.1, 0.15) is 18.9 Å². The van der Waals surface area contributed by atoms with Crippen LogP contribution in [0.5, 0.6) is 0 Å². The van der Waals surface area contributed by atoms with Crippen molar-refractivity contribution >= 4 is 5.97 Å². The molecule has 1 aromatic rings. The average Bonchev–Trinajstić information content (AvgIpc) is 2.27. The van der Waals surface area contributed by atoms with E-state index >= 15 is 0 Å². The van der Waals surface area contributed by atoms with Crippen molar-refractivity contribution in [2.24, 2.45) is 0 Å². The summed E-state index contributed by atoms with van der Waals surface area (Å²) >= 11 is 0. The molecule has 0 bridgehead atoms. The summed E-state index contributed by atoms with van der Waals surface area (Å²) in [6, 6.07) is 6.37. The second kappa shape index (κ2) is 6.95. The predicted molar refractivity (Wildman–Crippen MR) is 58.1 cm³/mol. The fraction of sp³-hybridized carbons (Fsp3) is 0.417. The highest BCUT2D eigenvalue weighted by Gasteiger charge is 2.02. The van der Waals surface area contributed by atoms with Crippen molar-refractivity contribution in [3.63, 3.8) is 0 Å². The maximum absolute atomic E-state index is 12.6. The lowest BCUT2D eigenvalue weighted by Gasteiger charge is -2.02. The lowest BCUT2D eigenvalue weighted by Crippen LogP contribution is -2.82. The predicted octanol–water partition coefficient (Wildman–Crippen LogP) is 0.842. The van der Waals surface area contributed by atoms with Gasteiger partial charge in [-0.25, -0.2) is 4.39 Å². The minimum atomic E-state index is -0.227. The normalized spacial score (nSPS) is 10.1. The molecular weight excluding hydrogens is 209 g/mol. The number of halogens is 1. The largest absolute Gasteiger partial charge is 0.466 e. The molecule has 0 amide bonds. The molecule has 1 rings (SSSR count). The van der Waals surface area contributed by atoms with Gasteiger partial charge in [-0.1, -0.05) is 12.1 Å². The molecule has 0 unspecified atom stereocenters. The zero-order valence-corrected chi connectivity index (χ0v) is 9.41. The number of carbonyl (C=O) groups is 1. The van der Waals surface area contributed by atoms with Crippen molar-refractivity contribution in [3.05, 3.63) is 35.6 Å². The smallest absolute Gasteiger partial charge is 0.311 e. The van der Waals surface area contributed by atoms with Crippen LogP contribution in [0.4, 0.5) is 4.39 Å². The van der Waals surface area contributed by atoms with Crippen LogP contribution in [-0.2, 0) is 16.1 Å². The van der Waals surface area contributed by atoms with Gasteiger partial charge in [-0.05, 0) is 19.1 Å². The lowest BCUT2D eigenvalue weighted by atomic mass is 10.2. The van der Waals surface area contributed by atoms with Gasteiger partial charge in [-0.2, -0.15) is 0 Å². The minimum absolute atomic E-state index is 0.169. The van der Waals surface area contributed by atoms with Crippen LogP contribution >= 0.6 is 0 Å².